The molecule has 1 aromatic heterocycles. The van der Waals surface area contributed by atoms with Gasteiger partial charge < -0.3 is 10.7 Å². The van der Waals surface area contributed by atoms with Crippen LogP contribution in [0.3, 0.4) is 0 Å². The number of carbonyl (C=O) groups is 1. The van der Waals surface area contributed by atoms with Gasteiger partial charge in [-0.25, -0.2) is 0 Å². The zero-order valence-corrected chi connectivity index (χ0v) is 11.8. The fraction of sp³-hybridized carbons (Fsp3) is 0.214. The molecule has 0 atom stereocenters. The molecular formula is C14H17N3OS. The second-order valence-electron chi connectivity index (χ2n) is 4.46. The molecule has 2 rings (SSSR count). The van der Waals surface area contributed by atoms with E-state index >= 15 is 0 Å². The van der Waals surface area contributed by atoms with Crippen molar-refractivity contribution in [1.29, 1.82) is 0 Å². The van der Waals surface area contributed by atoms with E-state index in [0.29, 0.717) is 17.8 Å². The minimum absolute atomic E-state index is 0.123. The Balaban J connectivity index is 2.12. The van der Waals surface area contributed by atoms with Crippen LogP contribution in [0, 0.1) is 13.8 Å². The van der Waals surface area contributed by atoms with Crippen LogP contribution in [0.15, 0.2) is 29.0 Å². The van der Waals surface area contributed by atoms with Crippen molar-refractivity contribution in [2.75, 3.05) is 5.43 Å². The lowest BCUT2D eigenvalue weighted by Gasteiger charge is -2.10. The van der Waals surface area contributed by atoms with Gasteiger partial charge in [0.1, 0.15) is 0 Å². The van der Waals surface area contributed by atoms with Crippen molar-refractivity contribution >= 4 is 22.9 Å². The van der Waals surface area contributed by atoms with Crippen molar-refractivity contribution in [2.45, 2.75) is 20.4 Å². The molecule has 0 radical (unpaired) electrons. The Labute approximate surface area is 116 Å². The molecule has 0 aliphatic rings. The largest absolute Gasteiger partial charge is 0.348 e. The summed E-state index contributed by atoms with van der Waals surface area (Å²) in [7, 11) is 0. The molecule has 0 aliphatic carbocycles. The summed E-state index contributed by atoms with van der Waals surface area (Å²) in [5.41, 5.74) is 7.12. The minimum Gasteiger partial charge on any atom is -0.348 e. The predicted molar refractivity (Wildman–Crippen MR) is 79.2 cm³/mol. The third-order valence-electron chi connectivity index (χ3n) is 2.98. The van der Waals surface area contributed by atoms with Gasteiger partial charge in [-0.05, 0) is 47.9 Å². The SMILES string of the molecule is Cc1ccc(NN)c(C(=O)NCc2cscc2C)c1. The van der Waals surface area contributed by atoms with Crippen LogP contribution < -0.4 is 16.6 Å². The summed E-state index contributed by atoms with van der Waals surface area (Å²) in [6.45, 7) is 4.52. The van der Waals surface area contributed by atoms with E-state index < -0.39 is 0 Å². The Morgan fingerprint density at radius 1 is 1.32 bits per heavy atom. The zero-order valence-electron chi connectivity index (χ0n) is 11.0. The first-order chi connectivity index (χ1) is 9.11. The normalized spacial score (nSPS) is 10.3. The van der Waals surface area contributed by atoms with Crippen molar-refractivity contribution in [3.05, 3.63) is 51.2 Å². The summed E-state index contributed by atoms with van der Waals surface area (Å²) in [5.74, 6) is 5.30. The molecule has 4 N–H and O–H groups in total. The summed E-state index contributed by atoms with van der Waals surface area (Å²) in [6.07, 6.45) is 0. The first-order valence-corrected chi connectivity index (χ1v) is 6.93. The maximum atomic E-state index is 12.2. The molecule has 2 aromatic rings. The number of benzene rings is 1. The molecule has 0 aliphatic heterocycles. The van der Waals surface area contributed by atoms with Crippen LogP contribution in [-0.4, -0.2) is 5.91 Å². The lowest BCUT2D eigenvalue weighted by Crippen LogP contribution is -2.25. The van der Waals surface area contributed by atoms with Crippen LogP contribution in [0.25, 0.3) is 0 Å². The molecular weight excluding hydrogens is 258 g/mol. The van der Waals surface area contributed by atoms with Crippen molar-refractivity contribution in [3.63, 3.8) is 0 Å². The van der Waals surface area contributed by atoms with Gasteiger partial charge in [-0.15, -0.1) is 0 Å². The van der Waals surface area contributed by atoms with Gasteiger partial charge in [0, 0.05) is 6.54 Å². The van der Waals surface area contributed by atoms with Gasteiger partial charge in [0.2, 0.25) is 0 Å². The van der Waals surface area contributed by atoms with Crippen molar-refractivity contribution in [3.8, 4) is 0 Å². The minimum atomic E-state index is -0.123. The molecule has 1 aromatic carbocycles. The molecule has 0 spiro atoms. The number of hydrazine groups is 1. The number of nitrogens with two attached hydrogens (primary N) is 1. The summed E-state index contributed by atoms with van der Waals surface area (Å²) in [4.78, 5) is 12.2. The standard InChI is InChI=1S/C14H17N3OS/c1-9-3-4-13(17-15)12(5-9)14(18)16-6-11-8-19-7-10(11)2/h3-5,7-8,17H,6,15H2,1-2H3,(H,16,18). The maximum absolute atomic E-state index is 12.2. The number of hydrogen-bond acceptors (Lipinski definition) is 4. The van der Waals surface area contributed by atoms with Gasteiger partial charge in [-0.2, -0.15) is 11.3 Å². The molecule has 1 amide bonds. The number of nitrogens with one attached hydrogen (secondary N) is 2. The Bertz CT molecular complexity index is 592. The smallest absolute Gasteiger partial charge is 0.253 e. The van der Waals surface area contributed by atoms with Crippen molar-refractivity contribution in [1.82, 2.24) is 5.32 Å². The van der Waals surface area contributed by atoms with Crippen LogP contribution in [-0.2, 0) is 6.54 Å². The molecule has 0 bridgehead atoms. The van der Waals surface area contributed by atoms with E-state index in [9.17, 15) is 4.79 Å². The van der Waals surface area contributed by atoms with Gasteiger partial charge in [-0.1, -0.05) is 11.6 Å². The van der Waals surface area contributed by atoms with Gasteiger partial charge in [-0.3, -0.25) is 10.6 Å². The predicted octanol–water partition coefficient (Wildman–Crippen LogP) is 2.58. The molecule has 0 fully saturated rings. The Kier molecular flexibility index (Phi) is 4.19. The van der Waals surface area contributed by atoms with Gasteiger partial charge in [0.25, 0.3) is 5.91 Å². The summed E-state index contributed by atoms with van der Waals surface area (Å²) < 4.78 is 0. The Hall–Kier alpha value is -1.85. The van der Waals surface area contributed by atoms with E-state index in [2.05, 4.69) is 16.1 Å². The third-order valence-corrected chi connectivity index (χ3v) is 3.89. The zero-order chi connectivity index (χ0) is 13.8. The lowest BCUT2D eigenvalue weighted by molar-refractivity contribution is 0.0951. The number of hydrogen-bond donors (Lipinski definition) is 3. The number of anilines is 1. The highest BCUT2D eigenvalue weighted by Gasteiger charge is 2.11. The summed E-state index contributed by atoms with van der Waals surface area (Å²) in [5, 5.41) is 7.04. The van der Waals surface area contributed by atoms with Crippen molar-refractivity contribution in [2.24, 2.45) is 5.84 Å². The van der Waals surface area contributed by atoms with E-state index in [1.165, 1.54) is 5.56 Å². The van der Waals surface area contributed by atoms with Gasteiger partial charge in [0.05, 0.1) is 11.3 Å². The quantitative estimate of drug-likeness (QED) is 0.593. The highest BCUT2D eigenvalue weighted by molar-refractivity contribution is 7.08. The fourth-order valence-electron chi connectivity index (χ4n) is 1.81. The monoisotopic (exact) mass is 275 g/mol. The first-order valence-electron chi connectivity index (χ1n) is 5.99. The van der Waals surface area contributed by atoms with Gasteiger partial charge in [0.15, 0.2) is 0 Å². The molecule has 100 valence electrons. The van der Waals surface area contributed by atoms with E-state index in [4.69, 9.17) is 5.84 Å². The first kappa shape index (κ1) is 13.6. The average Bonchev–Trinajstić information content (AvgIpc) is 2.81. The molecule has 4 nitrogen and oxygen atoms in total. The second kappa shape index (κ2) is 5.86. The van der Waals surface area contributed by atoms with Crippen LogP contribution in [0.4, 0.5) is 5.69 Å². The number of amides is 1. The summed E-state index contributed by atoms with van der Waals surface area (Å²) in [6, 6.07) is 5.54. The number of carbonyl (C=O) groups excluding carboxylic acids is 1. The third kappa shape index (κ3) is 3.13. The van der Waals surface area contributed by atoms with E-state index in [0.717, 1.165) is 11.1 Å². The van der Waals surface area contributed by atoms with Crippen molar-refractivity contribution < 1.29 is 4.79 Å². The van der Waals surface area contributed by atoms with E-state index in [-0.39, 0.29) is 5.91 Å². The molecule has 0 saturated heterocycles. The lowest BCUT2D eigenvalue weighted by atomic mass is 10.1. The number of aryl methyl sites for hydroxylation is 2. The molecule has 5 heteroatoms. The summed E-state index contributed by atoms with van der Waals surface area (Å²) >= 11 is 1.64. The molecule has 1 heterocycles. The average molecular weight is 275 g/mol. The Morgan fingerprint density at radius 2 is 2.11 bits per heavy atom. The molecule has 0 unspecified atom stereocenters. The van der Waals surface area contributed by atoms with Crippen LogP contribution >= 0.6 is 11.3 Å². The number of nitrogen functional groups attached to an aromatic ring is 1. The van der Waals surface area contributed by atoms with Crippen LogP contribution in [0.5, 0.6) is 0 Å². The van der Waals surface area contributed by atoms with E-state index in [1.807, 2.05) is 31.4 Å². The second-order valence-corrected chi connectivity index (χ2v) is 5.20. The van der Waals surface area contributed by atoms with E-state index in [1.54, 1.807) is 17.4 Å². The highest BCUT2D eigenvalue weighted by atomic mass is 32.1. The maximum Gasteiger partial charge on any atom is 0.253 e. The topological polar surface area (TPSA) is 67.1 Å². The highest BCUT2D eigenvalue weighted by Crippen LogP contribution is 2.17. The van der Waals surface area contributed by atoms with Gasteiger partial charge >= 0.3 is 0 Å². The van der Waals surface area contributed by atoms with Crippen LogP contribution in [0.2, 0.25) is 0 Å². The fourth-order valence-corrected chi connectivity index (χ4v) is 2.67. The molecule has 0 saturated carbocycles. The number of rotatable bonds is 4. The number of thiophene rings is 1. The van der Waals surface area contributed by atoms with Crippen LogP contribution in [0.1, 0.15) is 27.0 Å². The Morgan fingerprint density at radius 3 is 2.74 bits per heavy atom. The molecule has 19 heavy (non-hydrogen) atoms.